The maximum absolute atomic E-state index is 11.9. The minimum atomic E-state index is -4.59. The molecule has 0 amide bonds. The van der Waals surface area contributed by atoms with Crippen molar-refractivity contribution in [2.45, 2.75) is 109 Å². The Morgan fingerprint density at radius 3 is 1.40 bits per heavy atom. The monoisotopic (exact) mass is 436 g/mol. The topological polar surface area (TPSA) is 52.6 Å². The summed E-state index contributed by atoms with van der Waals surface area (Å²) in [5, 5.41) is 0. The lowest BCUT2D eigenvalue weighted by Crippen LogP contribution is -2.19. The summed E-state index contributed by atoms with van der Waals surface area (Å²) >= 11 is 0. The van der Waals surface area contributed by atoms with E-state index in [2.05, 4.69) is 11.7 Å². The van der Waals surface area contributed by atoms with Crippen LogP contribution in [0.1, 0.15) is 103 Å². The fourth-order valence-corrected chi connectivity index (χ4v) is 3.03. The molecule has 4 nitrogen and oxygen atoms in total. The molecule has 0 aliphatic carbocycles. The highest BCUT2D eigenvalue weighted by Crippen LogP contribution is 2.15. The van der Waals surface area contributed by atoms with Gasteiger partial charge in [-0.1, -0.05) is 96.8 Å². The lowest BCUT2D eigenvalue weighted by atomic mass is 10.0. The van der Waals surface area contributed by atoms with Crippen molar-refractivity contribution in [2.75, 3.05) is 13.2 Å². The van der Waals surface area contributed by atoms with Gasteiger partial charge in [0, 0.05) is 12.2 Å². The zero-order valence-electron chi connectivity index (χ0n) is 18.4. The number of alkyl halides is 3. The summed E-state index contributed by atoms with van der Waals surface area (Å²) in [7, 11) is 0. The fourth-order valence-electron chi connectivity index (χ4n) is 3.03. The van der Waals surface area contributed by atoms with Crippen LogP contribution in [-0.4, -0.2) is 31.3 Å². The third kappa shape index (κ3) is 22.8. The van der Waals surface area contributed by atoms with Crippen molar-refractivity contribution in [1.29, 1.82) is 0 Å². The van der Waals surface area contributed by atoms with Gasteiger partial charge in [0.25, 0.3) is 0 Å². The highest BCUT2D eigenvalue weighted by molar-refractivity contribution is 5.91. The Kier molecular flexibility index (Phi) is 18.4. The Morgan fingerprint density at radius 2 is 1.00 bits per heavy atom. The molecule has 0 spiro atoms. The largest absolute Gasteiger partial charge is 0.463 e. The van der Waals surface area contributed by atoms with Crippen molar-refractivity contribution in [1.82, 2.24) is 0 Å². The quantitative estimate of drug-likeness (QED) is 0.123. The highest BCUT2D eigenvalue weighted by atomic mass is 19.4. The van der Waals surface area contributed by atoms with E-state index in [0.717, 1.165) is 25.3 Å². The van der Waals surface area contributed by atoms with Crippen LogP contribution in [0.4, 0.5) is 13.2 Å². The summed E-state index contributed by atoms with van der Waals surface area (Å²) in [6, 6.07) is 0. The number of hydrogen-bond acceptors (Lipinski definition) is 4. The van der Waals surface area contributed by atoms with Gasteiger partial charge in [0.15, 0.2) is 6.61 Å². The summed E-state index contributed by atoms with van der Waals surface area (Å²) in [5.74, 6) is -1.99. The molecule has 0 radical (unpaired) electrons. The number of carbonyl (C=O) groups is 2. The molecule has 0 aromatic carbocycles. The first kappa shape index (κ1) is 28.5. The van der Waals surface area contributed by atoms with Crippen molar-refractivity contribution in [2.24, 2.45) is 0 Å². The van der Waals surface area contributed by atoms with Gasteiger partial charge in [-0.2, -0.15) is 13.2 Å². The Balaban J connectivity index is 3.36. The van der Waals surface area contributed by atoms with Crippen LogP contribution in [0.15, 0.2) is 12.2 Å². The van der Waals surface area contributed by atoms with Crippen molar-refractivity contribution >= 4 is 11.9 Å². The van der Waals surface area contributed by atoms with Gasteiger partial charge in [-0.05, 0) is 6.42 Å². The van der Waals surface area contributed by atoms with E-state index in [1.54, 1.807) is 0 Å². The third-order valence-electron chi connectivity index (χ3n) is 4.73. The molecule has 0 saturated heterocycles. The first-order chi connectivity index (χ1) is 14.3. The molecule has 30 heavy (non-hydrogen) atoms. The Bertz CT molecular complexity index is 462. The van der Waals surface area contributed by atoms with Crippen LogP contribution in [0.25, 0.3) is 0 Å². The molecule has 176 valence electrons. The average molecular weight is 437 g/mol. The van der Waals surface area contributed by atoms with E-state index in [1.165, 1.54) is 77.0 Å². The average Bonchev–Trinajstić information content (AvgIpc) is 2.69. The number of halogens is 3. The van der Waals surface area contributed by atoms with Crippen LogP contribution in [-0.2, 0) is 19.1 Å². The lowest BCUT2D eigenvalue weighted by molar-refractivity contribution is -0.182. The molecule has 0 heterocycles. The lowest BCUT2D eigenvalue weighted by Gasteiger charge is -2.05. The maximum atomic E-state index is 11.9. The van der Waals surface area contributed by atoms with Gasteiger partial charge < -0.3 is 9.47 Å². The van der Waals surface area contributed by atoms with E-state index in [0.29, 0.717) is 6.08 Å². The van der Waals surface area contributed by atoms with Crippen molar-refractivity contribution < 1.29 is 32.2 Å². The second-order valence-electron chi connectivity index (χ2n) is 7.67. The van der Waals surface area contributed by atoms with Crippen LogP contribution in [0.2, 0.25) is 0 Å². The first-order valence-corrected chi connectivity index (χ1v) is 11.4. The SMILES string of the molecule is CCCCCCCCCCCCCCCCCOC(=O)/C=C/C(=O)OCC(F)(F)F. The van der Waals surface area contributed by atoms with Gasteiger partial charge in [-0.25, -0.2) is 9.59 Å². The molecule has 0 aliphatic rings. The molecule has 0 atom stereocenters. The van der Waals surface area contributed by atoms with E-state index in [1.807, 2.05) is 0 Å². The van der Waals surface area contributed by atoms with Crippen LogP contribution < -0.4 is 0 Å². The molecule has 0 aromatic heterocycles. The van der Waals surface area contributed by atoms with E-state index in [9.17, 15) is 22.8 Å². The predicted molar refractivity (Wildman–Crippen MR) is 112 cm³/mol. The number of carbonyl (C=O) groups excluding carboxylic acids is 2. The fraction of sp³-hybridized carbons (Fsp3) is 0.826. The second kappa shape index (κ2) is 19.4. The standard InChI is InChI=1S/C23H39F3O4/c1-2-3-4-5-6-7-8-9-10-11-12-13-14-15-16-19-29-21(27)17-18-22(28)30-20-23(24,25)26/h17-18H,2-16,19-20H2,1H3/b18-17+. The van der Waals surface area contributed by atoms with Crippen molar-refractivity contribution in [3.8, 4) is 0 Å². The van der Waals surface area contributed by atoms with E-state index >= 15 is 0 Å². The molecule has 0 saturated carbocycles. The molecule has 7 heteroatoms. The van der Waals surface area contributed by atoms with E-state index in [4.69, 9.17) is 4.74 Å². The minimum absolute atomic E-state index is 0.235. The Hall–Kier alpha value is -1.53. The van der Waals surface area contributed by atoms with Gasteiger partial charge in [0.1, 0.15) is 0 Å². The van der Waals surface area contributed by atoms with Gasteiger partial charge in [-0.3, -0.25) is 0 Å². The molecule has 0 N–H and O–H groups in total. The molecule has 0 aliphatic heterocycles. The van der Waals surface area contributed by atoms with Crippen LogP contribution in [0, 0.1) is 0 Å². The van der Waals surface area contributed by atoms with Gasteiger partial charge in [-0.15, -0.1) is 0 Å². The number of hydrogen-bond donors (Lipinski definition) is 0. The number of rotatable bonds is 19. The molecule has 0 rings (SSSR count). The van der Waals surface area contributed by atoms with Crippen LogP contribution in [0.3, 0.4) is 0 Å². The number of ether oxygens (including phenoxy) is 2. The highest BCUT2D eigenvalue weighted by Gasteiger charge is 2.29. The molecular formula is C23H39F3O4. The summed E-state index contributed by atoms with van der Waals surface area (Å²) in [6.45, 7) is 0.800. The normalized spacial score (nSPS) is 11.7. The van der Waals surface area contributed by atoms with Crippen LogP contribution in [0.5, 0.6) is 0 Å². The molecule has 0 unspecified atom stereocenters. The summed E-state index contributed by atoms with van der Waals surface area (Å²) < 4.78 is 44.4. The molecule has 0 fully saturated rings. The first-order valence-electron chi connectivity index (χ1n) is 11.4. The predicted octanol–water partition coefficient (Wildman–Crippen LogP) is 7.06. The molecule has 0 aromatic rings. The molecular weight excluding hydrogens is 397 g/mol. The van der Waals surface area contributed by atoms with Crippen molar-refractivity contribution in [3.05, 3.63) is 12.2 Å². The zero-order chi connectivity index (χ0) is 22.5. The van der Waals surface area contributed by atoms with Gasteiger partial charge >= 0.3 is 18.1 Å². The second-order valence-corrected chi connectivity index (χ2v) is 7.67. The van der Waals surface area contributed by atoms with Crippen LogP contribution >= 0.6 is 0 Å². The van der Waals surface area contributed by atoms with Gasteiger partial charge in [0.2, 0.25) is 0 Å². The van der Waals surface area contributed by atoms with Gasteiger partial charge in [0.05, 0.1) is 6.61 Å². The zero-order valence-corrected chi connectivity index (χ0v) is 18.4. The Morgan fingerprint density at radius 1 is 0.633 bits per heavy atom. The maximum Gasteiger partial charge on any atom is 0.422 e. The minimum Gasteiger partial charge on any atom is -0.463 e. The Labute approximate surface area is 179 Å². The molecule has 0 bridgehead atoms. The third-order valence-corrected chi connectivity index (χ3v) is 4.73. The summed E-state index contributed by atoms with van der Waals surface area (Å²) in [6.07, 6.45) is 15.5. The van der Waals surface area contributed by atoms with E-state index in [-0.39, 0.29) is 6.61 Å². The summed E-state index contributed by atoms with van der Waals surface area (Å²) in [4.78, 5) is 22.4. The van der Waals surface area contributed by atoms with E-state index < -0.39 is 24.7 Å². The smallest absolute Gasteiger partial charge is 0.422 e. The number of esters is 2. The number of unbranched alkanes of at least 4 members (excludes halogenated alkanes) is 14. The van der Waals surface area contributed by atoms with Crippen molar-refractivity contribution in [3.63, 3.8) is 0 Å². The summed E-state index contributed by atoms with van der Waals surface area (Å²) in [5.41, 5.74) is 0.